The lowest BCUT2D eigenvalue weighted by Crippen LogP contribution is -2.48. The second-order valence-electron chi connectivity index (χ2n) is 6.91. The molecule has 1 amide bonds. The van der Waals surface area contributed by atoms with Crippen LogP contribution in [0.1, 0.15) is 52.4 Å². The van der Waals surface area contributed by atoms with Crippen LogP contribution in [-0.4, -0.2) is 36.4 Å². The first kappa shape index (κ1) is 15.8. The average molecular weight is 283 g/mol. The molecule has 2 aliphatic rings. The number of amides is 1. The van der Waals surface area contributed by atoms with Gasteiger partial charge in [0, 0.05) is 38.5 Å². The smallest absolute Gasteiger partial charge is 0.223 e. The number of carbonyl (C=O) groups is 1. The van der Waals surface area contributed by atoms with Crippen LogP contribution in [0.25, 0.3) is 0 Å². The van der Waals surface area contributed by atoms with Gasteiger partial charge in [0.05, 0.1) is 5.60 Å². The number of hydrogen-bond donors (Lipinski definition) is 2. The van der Waals surface area contributed by atoms with Gasteiger partial charge < -0.3 is 15.2 Å². The number of rotatable bonds is 4. The summed E-state index contributed by atoms with van der Waals surface area (Å²) < 4.78 is 5.25. The Bertz CT molecular complexity index is 316. The molecule has 20 heavy (non-hydrogen) atoms. The van der Waals surface area contributed by atoms with Crippen molar-refractivity contribution in [2.45, 2.75) is 58.0 Å². The van der Waals surface area contributed by atoms with Crippen molar-refractivity contribution >= 4 is 5.91 Å². The van der Waals surface area contributed by atoms with Crippen LogP contribution in [0, 0.1) is 17.8 Å². The van der Waals surface area contributed by atoms with Crippen molar-refractivity contribution in [3.8, 4) is 0 Å². The molecule has 4 heteroatoms. The van der Waals surface area contributed by atoms with Crippen LogP contribution in [0.15, 0.2) is 0 Å². The van der Waals surface area contributed by atoms with E-state index >= 15 is 0 Å². The quantitative estimate of drug-likeness (QED) is 0.831. The molecular formula is C16H29NO3. The minimum absolute atomic E-state index is 0.132. The van der Waals surface area contributed by atoms with E-state index < -0.39 is 5.60 Å². The van der Waals surface area contributed by atoms with Gasteiger partial charge in [-0.3, -0.25) is 4.79 Å². The molecule has 0 aromatic heterocycles. The highest BCUT2D eigenvalue weighted by atomic mass is 16.5. The van der Waals surface area contributed by atoms with E-state index in [0.717, 1.165) is 37.5 Å². The minimum atomic E-state index is -0.761. The van der Waals surface area contributed by atoms with Gasteiger partial charge in [0.2, 0.25) is 5.91 Å². The predicted octanol–water partition coefficient (Wildman–Crippen LogP) is 2.11. The summed E-state index contributed by atoms with van der Waals surface area (Å²) in [6, 6.07) is 0. The standard InChI is InChI=1S/C16H29NO3/c1-12(2)13-3-5-14(6-4-13)15(18)17-11-16(19)7-9-20-10-8-16/h12-14,19H,3-11H2,1-2H3,(H,17,18). The van der Waals surface area contributed by atoms with E-state index in [-0.39, 0.29) is 11.8 Å². The number of aliphatic hydroxyl groups is 1. The molecule has 1 aliphatic carbocycles. The summed E-state index contributed by atoms with van der Waals surface area (Å²) in [5.41, 5.74) is -0.761. The topological polar surface area (TPSA) is 58.6 Å². The first-order valence-electron chi connectivity index (χ1n) is 8.08. The lowest BCUT2D eigenvalue weighted by molar-refractivity contribution is -0.129. The first-order valence-corrected chi connectivity index (χ1v) is 8.08. The fraction of sp³-hybridized carbons (Fsp3) is 0.938. The third-order valence-electron chi connectivity index (χ3n) is 5.10. The van der Waals surface area contributed by atoms with E-state index in [1.807, 2.05) is 0 Å². The largest absolute Gasteiger partial charge is 0.388 e. The van der Waals surface area contributed by atoms with Crippen LogP contribution in [0.5, 0.6) is 0 Å². The van der Waals surface area contributed by atoms with Gasteiger partial charge >= 0.3 is 0 Å². The highest BCUT2D eigenvalue weighted by Gasteiger charge is 2.32. The van der Waals surface area contributed by atoms with E-state index in [9.17, 15) is 9.90 Å². The van der Waals surface area contributed by atoms with Crippen molar-refractivity contribution in [2.24, 2.45) is 17.8 Å². The average Bonchev–Trinajstić information content (AvgIpc) is 2.46. The fourth-order valence-electron chi connectivity index (χ4n) is 3.37. The maximum atomic E-state index is 12.2. The van der Waals surface area contributed by atoms with Gasteiger partial charge in [-0.2, -0.15) is 0 Å². The first-order chi connectivity index (χ1) is 9.50. The summed E-state index contributed by atoms with van der Waals surface area (Å²) in [5.74, 6) is 1.78. The van der Waals surface area contributed by atoms with Crippen LogP contribution < -0.4 is 5.32 Å². The number of nitrogens with one attached hydrogen (secondary N) is 1. The van der Waals surface area contributed by atoms with Crippen LogP contribution in [0.2, 0.25) is 0 Å². The van der Waals surface area contributed by atoms with Crippen molar-refractivity contribution in [1.82, 2.24) is 5.32 Å². The Morgan fingerprint density at radius 1 is 1.25 bits per heavy atom. The van der Waals surface area contributed by atoms with E-state index in [2.05, 4.69) is 19.2 Å². The molecule has 1 saturated heterocycles. The summed E-state index contributed by atoms with van der Waals surface area (Å²) >= 11 is 0. The molecule has 2 fully saturated rings. The van der Waals surface area contributed by atoms with Gasteiger partial charge in [-0.25, -0.2) is 0 Å². The van der Waals surface area contributed by atoms with E-state index in [1.54, 1.807) is 0 Å². The normalized spacial score (nSPS) is 30.2. The Balaban J connectivity index is 1.73. The molecule has 1 saturated carbocycles. The molecule has 0 spiro atoms. The van der Waals surface area contributed by atoms with Gasteiger partial charge in [-0.15, -0.1) is 0 Å². The van der Waals surface area contributed by atoms with Crippen molar-refractivity contribution in [3.63, 3.8) is 0 Å². The summed E-state index contributed by atoms with van der Waals surface area (Å²) in [5, 5.41) is 13.3. The Morgan fingerprint density at radius 3 is 2.40 bits per heavy atom. The summed E-state index contributed by atoms with van der Waals surface area (Å²) in [6.07, 6.45) is 5.55. The highest BCUT2D eigenvalue weighted by molar-refractivity contribution is 5.78. The molecule has 1 heterocycles. The Morgan fingerprint density at radius 2 is 1.85 bits per heavy atom. The monoisotopic (exact) mass is 283 g/mol. The highest BCUT2D eigenvalue weighted by Crippen LogP contribution is 2.33. The van der Waals surface area contributed by atoms with Gasteiger partial charge in [-0.1, -0.05) is 13.8 Å². The SMILES string of the molecule is CC(C)C1CCC(C(=O)NCC2(O)CCOCC2)CC1. The third kappa shape index (κ3) is 4.19. The molecule has 1 aliphatic heterocycles. The molecule has 116 valence electrons. The third-order valence-corrected chi connectivity index (χ3v) is 5.10. The summed E-state index contributed by atoms with van der Waals surface area (Å²) in [4.78, 5) is 12.2. The molecule has 0 aromatic carbocycles. The molecule has 2 rings (SSSR count). The van der Waals surface area contributed by atoms with Crippen LogP contribution in [0.3, 0.4) is 0 Å². The van der Waals surface area contributed by atoms with Gasteiger partial charge in [0.15, 0.2) is 0 Å². The number of carbonyl (C=O) groups excluding carboxylic acids is 1. The molecule has 0 unspecified atom stereocenters. The predicted molar refractivity (Wildman–Crippen MR) is 78.3 cm³/mol. The molecule has 0 aromatic rings. The van der Waals surface area contributed by atoms with Crippen LogP contribution >= 0.6 is 0 Å². The molecule has 4 nitrogen and oxygen atoms in total. The van der Waals surface area contributed by atoms with E-state index in [0.29, 0.717) is 32.6 Å². The minimum Gasteiger partial charge on any atom is -0.388 e. The van der Waals surface area contributed by atoms with Crippen LogP contribution in [0.4, 0.5) is 0 Å². The zero-order valence-corrected chi connectivity index (χ0v) is 12.9. The zero-order valence-electron chi connectivity index (χ0n) is 12.9. The Labute approximate surface area is 122 Å². The van der Waals surface area contributed by atoms with Crippen molar-refractivity contribution in [3.05, 3.63) is 0 Å². The Kier molecular flexibility index (Phi) is 5.44. The molecule has 0 bridgehead atoms. The maximum Gasteiger partial charge on any atom is 0.223 e. The van der Waals surface area contributed by atoms with Gasteiger partial charge in [0.25, 0.3) is 0 Å². The second kappa shape index (κ2) is 6.90. The van der Waals surface area contributed by atoms with Crippen molar-refractivity contribution in [2.75, 3.05) is 19.8 Å². The van der Waals surface area contributed by atoms with E-state index in [1.165, 1.54) is 0 Å². The Hall–Kier alpha value is -0.610. The lowest BCUT2D eigenvalue weighted by Gasteiger charge is -2.34. The summed E-state index contributed by atoms with van der Waals surface area (Å²) in [6.45, 7) is 6.09. The van der Waals surface area contributed by atoms with Crippen molar-refractivity contribution in [1.29, 1.82) is 0 Å². The zero-order chi connectivity index (χ0) is 14.6. The van der Waals surface area contributed by atoms with Gasteiger partial charge in [0.1, 0.15) is 0 Å². The van der Waals surface area contributed by atoms with E-state index in [4.69, 9.17) is 4.74 Å². The summed E-state index contributed by atoms with van der Waals surface area (Å²) in [7, 11) is 0. The lowest BCUT2D eigenvalue weighted by atomic mass is 9.76. The van der Waals surface area contributed by atoms with Crippen LogP contribution in [-0.2, 0) is 9.53 Å². The second-order valence-corrected chi connectivity index (χ2v) is 6.91. The molecule has 0 radical (unpaired) electrons. The number of ether oxygens (including phenoxy) is 1. The number of hydrogen-bond acceptors (Lipinski definition) is 3. The van der Waals surface area contributed by atoms with Gasteiger partial charge in [-0.05, 0) is 37.5 Å². The van der Waals surface area contributed by atoms with Crippen molar-refractivity contribution < 1.29 is 14.6 Å². The molecule has 0 atom stereocenters. The fourth-order valence-corrected chi connectivity index (χ4v) is 3.37. The maximum absolute atomic E-state index is 12.2. The molecule has 2 N–H and O–H groups in total. The molecular weight excluding hydrogens is 254 g/mol.